The van der Waals surface area contributed by atoms with E-state index in [0.29, 0.717) is 11.5 Å². The zero-order valence-electron chi connectivity index (χ0n) is 12.5. The average molecular weight is 365 g/mol. The fourth-order valence-electron chi connectivity index (χ4n) is 1.95. The molecule has 0 aliphatic heterocycles. The van der Waals surface area contributed by atoms with Gasteiger partial charge in [-0.05, 0) is 35.4 Å². The number of rotatable bonds is 6. The Morgan fingerprint density at radius 1 is 0.955 bits per heavy atom. The number of hydrogen-bond donors (Lipinski definition) is 0. The SMILES string of the molecule is COc1ccc(CC(=O)OCc2ccc(Br)cc2)cc1OC. The Labute approximate surface area is 138 Å². The van der Waals surface area contributed by atoms with Gasteiger partial charge in [0.2, 0.25) is 0 Å². The summed E-state index contributed by atoms with van der Waals surface area (Å²) in [6.45, 7) is 0.263. The number of methoxy groups -OCH3 is 2. The molecular weight excluding hydrogens is 348 g/mol. The Morgan fingerprint density at radius 2 is 1.59 bits per heavy atom. The van der Waals surface area contributed by atoms with E-state index in [4.69, 9.17) is 14.2 Å². The maximum atomic E-state index is 11.9. The molecule has 4 nitrogen and oxygen atoms in total. The van der Waals surface area contributed by atoms with Crippen LogP contribution in [0.2, 0.25) is 0 Å². The second kappa shape index (κ2) is 7.84. The van der Waals surface area contributed by atoms with Gasteiger partial charge in [0.25, 0.3) is 0 Å². The molecule has 5 heteroatoms. The van der Waals surface area contributed by atoms with E-state index in [0.717, 1.165) is 15.6 Å². The molecule has 0 radical (unpaired) electrons. The Hall–Kier alpha value is -2.01. The van der Waals surface area contributed by atoms with E-state index in [1.807, 2.05) is 30.3 Å². The van der Waals surface area contributed by atoms with Gasteiger partial charge in [0.15, 0.2) is 11.5 Å². The standard InChI is InChI=1S/C17H17BrO4/c1-20-15-8-5-13(9-16(15)21-2)10-17(19)22-11-12-3-6-14(18)7-4-12/h3-9H,10-11H2,1-2H3. The maximum Gasteiger partial charge on any atom is 0.310 e. The molecule has 0 amide bonds. The van der Waals surface area contributed by atoms with Gasteiger partial charge in [-0.3, -0.25) is 4.79 Å². The van der Waals surface area contributed by atoms with Crippen LogP contribution >= 0.6 is 15.9 Å². The molecule has 0 aromatic heterocycles. The summed E-state index contributed by atoms with van der Waals surface area (Å²) in [5.74, 6) is 0.949. The summed E-state index contributed by atoms with van der Waals surface area (Å²) in [6, 6.07) is 13.0. The van der Waals surface area contributed by atoms with Crippen molar-refractivity contribution < 1.29 is 19.0 Å². The molecule has 0 heterocycles. The first-order valence-corrected chi connectivity index (χ1v) is 7.52. The molecule has 0 aliphatic carbocycles. The van der Waals surface area contributed by atoms with E-state index in [-0.39, 0.29) is 19.0 Å². The highest BCUT2D eigenvalue weighted by Crippen LogP contribution is 2.27. The van der Waals surface area contributed by atoms with Gasteiger partial charge in [0.05, 0.1) is 20.6 Å². The molecule has 0 saturated carbocycles. The fourth-order valence-corrected chi connectivity index (χ4v) is 2.22. The topological polar surface area (TPSA) is 44.8 Å². The number of ether oxygens (including phenoxy) is 3. The predicted octanol–water partition coefficient (Wildman–Crippen LogP) is 3.75. The minimum Gasteiger partial charge on any atom is -0.493 e. The molecule has 2 aromatic rings. The number of carbonyl (C=O) groups excluding carboxylic acids is 1. The van der Waals surface area contributed by atoms with Gasteiger partial charge in [0, 0.05) is 4.47 Å². The van der Waals surface area contributed by atoms with E-state index in [2.05, 4.69) is 15.9 Å². The van der Waals surface area contributed by atoms with Crippen LogP contribution in [0.3, 0.4) is 0 Å². The zero-order chi connectivity index (χ0) is 15.9. The van der Waals surface area contributed by atoms with E-state index < -0.39 is 0 Å². The van der Waals surface area contributed by atoms with E-state index in [1.54, 1.807) is 26.4 Å². The van der Waals surface area contributed by atoms with Crippen molar-refractivity contribution in [2.45, 2.75) is 13.0 Å². The lowest BCUT2D eigenvalue weighted by Crippen LogP contribution is -2.08. The minimum atomic E-state index is -0.282. The Morgan fingerprint density at radius 3 is 2.23 bits per heavy atom. The molecule has 0 fully saturated rings. The van der Waals surface area contributed by atoms with Crippen molar-refractivity contribution in [3.63, 3.8) is 0 Å². The summed E-state index contributed by atoms with van der Waals surface area (Å²) in [6.07, 6.45) is 0.191. The maximum absolute atomic E-state index is 11.9. The molecule has 22 heavy (non-hydrogen) atoms. The van der Waals surface area contributed by atoms with Crippen LogP contribution in [0.15, 0.2) is 46.9 Å². The zero-order valence-corrected chi connectivity index (χ0v) is 14.1. The van der Waals surface area contributed by atoms with Crippen molar-refractivity contribution in [2.24, 2.45) is 0 Å². The first kappa shape index (κ1) is 16.4. The monoisotopic (exact) mass is 364 g/mol. The van der Waals surface area contributed by atoms with Crippen LogP contribution in [0, 0.1) is 0 Å². The molecule has 0 aliphatic rings. The average Bonchev–Trinajstić information content (AvgIpc) is 2.54. The van der Waals surface area contributed by atoms with Crippen LogP contribution in [-0.4, -0.2) is 20.2 Å². The number of esters is 1. The molecule has 0 bridgehead atoms. The Kier molecular flexibility index (Phi) is 5.83. The van der Waals surface area contributed by atoms with Crippen molar-refractivity contribution in [2.75, 3.05) is 14.2 Å². The molecular formula is C17H17BrO4. The summed E-state index contributed by atoms with van der Waals surface area (Å²) in [7, 11) is 3.14. The molecule has 0 N–H and O–H groups in total. The molecule has 0 unspecified atom stereocenters. The highest BCUT2D eigenvalue weighted by Gasteiger charge is 2.09. The quantitative estimate of drug-likeness (QED) is 0.732. The van der Waals surface area contributed by atoms with Gasteiger partial charge >= 0.3 is 5.97 Å². The third kappa shape index (κ3) is 4.49. The highest BCUT2D eigenvalue weighted by atomic mass is 79.9. The van der Waals surface area contributed by atoms with Crippen LogP contribution in [0.25, 0.3) is 0 Å². The molecule has 116 valence electrons. The number of carbonyl (C=O) groups is 1. The smallest absolute Gasteiger partial charge is 0.310 e. The first-order valence-electron chi connectivity index (χ1n) is 6.73. The highest BCUT2D eigenvalue weighted by molar-refractivity contribution is 9.10. The largest absolute Gasteiger partial charge is 0.493 e. The molecule has 2 aromatic carbocycles. The predicted molar refractivity (Wildman–Crippen MR) is 87.2 cm³/mol. The lowest BCUT2D eigenvalue weighted by atomic mass is 10.1. The lowest BCUT2D eigenvalue weighted by Gasteiger charge is -2.09. The second-order valence-electron chi connectivity index (χ2n) is 4.65. The molecule has 0 saturated heterocycles. The summed E-state index contributed by atoms with van der Waals surface area (Å²) < 4.78 is 16.7. The van der Waals surface area contributed by atoms with Gasteiger partial charge in [-0.15, -0.1) is 0 Å². The summed E-state index contributed by atoms with van der Waals surface area (Å²) in [5, 5.41) is 0. The van der Waals surface area contributed by atoms with Gasteiger partial charge in [-0.2, -0.15) is 0 Å². The van der Waals surface area contributed by atoms with Gasteiger partial charge in [0.1, 0.15) is 6.61 Å². The van der Waals surface area contributed by atoms with Gasteiger partial charge in [-0.1, -0.05) is 34.1 Å². The van der Waals surface area contributed by atoms with Crippen LogP contribution in [-0.2, 0) is 22.6 Å². The van der Waals surface area contributed by atoms with Crippen molar-refractivity contribution in [1.82, 2.24) is 0 Å². The van der Waals surface area contributed by atoms with Crippen molar-refractivity contribution in [3.8, 4) is 11.5 Å². The summed E-state index contributed by atoms with van der Waals surface area (Å²) in [4.78, 5) is 11.9. The lowest BCUT2D eigenvalue weighted by molar-refractivity contribution is -0.144. The van der Waals surface area contributed by atoms with Gasteiger partial charge in [-0.25, -0.2) is 0 Å². The van der Waals surface area contributed by atoms with E-state index >= 15 is 0 Å². The summed E-state index contributed by atoms with van der Waals surface area (Å²) in [5.41, 5.74) is 1.77. The molecule has 0 atom stereocenters. The molecule has 2 rings (SSSR count). The normalized spacial score (nSPS) is 10.1. The van der Waals surface area contributed by atoms with Crippen molar-refractivity contribution in [1.29, 1.82) is 0 Å². The Bertz CT molecular complexity index is 638. The minimum absolute atomic E-state index is 0.191. The van der Waals surface area contributed by atoms with Crippen LogP contribution < -0.4 is 9.47 Å². The van der Waals surface area contributed by atoms with E-state index in [9.17, 15) is 4.79 Å². The third-order valence-corrected chi connectivity index (χ3v) is 3.64. The second-order valence-corrected chi connectivity index (χ2v) is 5.57. The van der Waals surface area contributed by atoms with E-state index in [1.165, 1.54) is 0 Å². The number of halogens is 1. The summed E-state index contributed by atoms with van der Waals surface area (Å²) >= 11 is 3.37. The number of benzene rings is 2. The Balaban J connectivity index is 1.93. The molecule has 0 spiro atoms. The number of hydrogen-bond acceptors (Lipinski definition) is 4. The fraction of sp³-hybridized carbons (Fsp3) is 0.235. The first-order chi connectivity index (χ1) is 10.6. The van der Waals surface area contributed by atoms with Gasteiger partial charge < -0.3 is 14.2 Å². The van der Waals surface area contributed by atoms with Crippen molar-refractivity contribution in [3.05, 3.63) is 58.1 Å². The van der Waals surface area contributed by atoms with Crippen LogP contribution in [0.4, 0.5) is 0 Å². The van der Waals surface area contributed by atoms with Crippen LogP contribution in [0.5, 0.6) is 11.5 Å². The third-order valence-electron chi connectivity index (χ3n) is 3.11. The van der Waals surface area contributed by atoms with Crippen molar-refractivity contribution >= 4 is 21.9 Å². The van der Waals surface area contributed by atoms with Crippen LogP contribution in [0.1, 0.15) is 11.1 Å².